The Morgan fingerprint density at radius 2 is 2.00 bits per heavy atom. The van der Waals surface area contributed by atoms with Gasteiger partial charge in [0, 0.05) is 25.2 Å². The number of carbonyl (C=O) groups excluding carboxylic acids is 3. The van der Waals surface area contributed by atoms with E-state index >= 15 is 0 Å². The van der Waals surface area contributed by atoms with Gasteiger partial charge in [0.2, 0.25) is 11.8 Å². The fraction of sp³-hybridized carbons (Fsp3) is 0.692. The highest BCUT2D eigenvalue weighted by atomic mass is 32.2. The SMILES string of the molecule is [B]COC(=O)CNC(=O)C1CCSCCN1C(=O)CCC(=O)O. The lowest BCUT2D eigenvalue weighted by atomic mass is 10.1. The number of amides is 2. The number of nitrogens with one attached hydrogen (secondary N) is 1. The fourth-order valence-corrected chi connectivity index (χ4v) is 3.04. The maximum atomic E-state index is 12.2. The van der Waals surface area contributed by atoms with Crippen molar-refractivity contribution in [1.29, 1.82) is 0 Å². The molecule has 1 rings (SSSR count). The van der Waals surface area contributed by atoms with Crippen molar-refractivity contribution in [2.75, 3.05) is 31.1 Å². The molecule has 126 valence electrons. The van der Waals surface area contributed by atoms with Crippen LogP contribution in [-0.2, 0) is 23.9 Å². The van der Waals surface area contributed by atoms with Crippen LogP contribution in [0.5, 0.6) is 0 Å². The molecule has 1 heterocycles. The number of thioether (sulfide) groups is 1. The first-order valence-electron chi connectivity index (χ1n) is 7.18. The number of nitrogens with zero attached hydrogens (tertiary/aromatic N) is 1. The van der Waals surface area contributed by atoms with Crippen molar-refractivity contribution in [3.63, 3.8) is 0 Å². The summed E-state index contributed by atoms with van der Waals surface area (Å²) in [5.74, 6) is -1.17. The number of carboxylic acid groups (broad SMARTS) is 1. The number of aliphatic carboxylic acids is 1. The number of carbonyl (C=O) groups is 4. The van der Waals surface area contributed by atoms with Crippen LogP contribution in [0, 0.1) is 0 Å². The van der Waals surface area contributed by atoms with Crippen LogP contribution in [0.1, 0.15) is 19.3 Å². The van der Waals surface area contributed by atoms with Gasteiger partial charge < -0.3 is 20.1 Å². The van der Waals surface area contributed by atoms with Gasteiger partial charge in [-0.1, -0.05) is 0 Å². The molecular formula is C13H19BN2O6S. The minimum absolute atomic E-state index is 0.154. The van der Waals surface area contributed by atoms with Crippen LogP contribution >= 0.6 is 11.8 Å². The van der Waals surface area contributed by atoms with Crippen molar-refractivity contribution in [1.82, 2.24) is 10.2 Å². The molecule has 2 radical (unpaired) electrons. The van der Waals surface area contributed by atoms with Gasteiger partial charge in [-0.15, -0.1) is 0 Å². The fourth-order valence-electron chi connectivity index (χ4n) is 2.12. The minimum Gasteiger partial charge on any atom is -0.481 e. The molecule has 1 aliphatic heterocycles. The number of esters is 1. The molecule has 10 heteroatoms. The van der Waals surface area contributed by atoms with Gasteiger partial charge in [-0.05, 0) is 12.2 Å². The minimum atomic E-state index is -1.06. The van der Waals surface area contributed by atoms with E-state index in [1.807, 2.05) is 0 Å². The zero-order chi connectivity index (χ0) is 17.2. The molecule has 1 saturated heterocycles. The van der Waals surface area contributed by atoms with E-state index in [2.05, 4.69) is 10.1 Å². The molecule has 2 amide bonds. The van der Waals surface area contributed by atoms with Gasteiger partial charge in [0.15, 0.2) is 0 Å². The Bertz CT molecular complexity index is 462. The van der Waals surface area contributed by atoms with E-state index in [1.165, 1.54) is 4.90 Å². The molecular weight excluding hydrogens is 323 g/mol. The first-order chi connectivity index (χ1) is 11.0. The second-order valence-electron chi connectivity index (χ2n) is 4.80. The zero-order valence-corrected chi connectivity index (χ0v) is 13.5. The molecule has 0 aromatic carbocycles. The average molecular weight is 342 g/mol. The largest absolute Gasteiger partial charge is 0.481 e. The Labute approximate surface area is 139 Å². The Morgan fingerprint density at radius 3 is 2.65 bits per heavy atom. The molecule has 0 aliphatic carbocycles. The maximum Gasteiger partial charge on any atom is 0.324 e. The van der Waals surface area contributed by atoms with Gasteiger partial charge in [-0.25, -0.2) is 0 Å². The van der Waals surface area contributed by atoms with Crippen molar-refractivity contribution in [2.45, 2.75) is 25.3 Å². The molecule has 1 unspecified atom stereocenters. The Hall–Kier alpha value is -1.71. The summed E-state index contributed by atoms with van der Waals surface area (Å²) in [6, 6.07) is -0.711. The molecule has 0 saturated carbocycles. The van der Waals surface area contributed by atoms with Crippen LogP contribution in [-0.4, -0.2) is 78.7 Å². The van der Waals surface area contributed by atoms with E-state index < -0.39 is 23.9 Å². The van der Waals surface area contributed by atoms with Crippen molar-refractivity contribution < 1.29 is 29.0 Å². The zero-order valence-electron chi connectivity index (χ0n) is 12.7. The van der Waals surface area contributed by atoms with Crippen LogP contribution in [0.3, 0.4) is 0 Å². The summed E-state index contributed by atoms with van der Waals surface area (Å²) in [5.41, 5.74) is 0. The van der Waals surface area contributed by atoms with E-state index in [-0.39, 0.29) is 31.8 Å². The Kier molecular flexibility index (Phi) is 8.53. The first kappa shape index (κ1) is 19.3. The average Bonchev–Trinajstić information content (AvgIpc) is 2.76. The predicted octanol–water partition coefficient (Wildman–Crippen LogP) is -1.03. The highest BCUT2D eigenvalue weighted by Gasteiger charge is 2.31. The molecule has 0 aromatic heterocycles. The van der Waals surface area contributed by atoms with Gasteiger partial charge in [0.25, 0.3) is 0 Å². The van der Waals surface area contributed by atoms with Crippen molar-refractivity contribution in [3.05, 3.63) is 0 Å². The highest BCUT2D eigenvalue weighted by Crippen LogP contribution is 2.18. The molecule has 0 bridgehead atoms. The van der Waals surface area contributed by atoms with Crippen LogP contribution in [0.2, 0.25) is 0 Å². The normalized spacial score (nSPS) is 17.9. The summed E-state index contributed by atoms with van der Waals surface area (Å²) < 4.78 is 4.52. The Morgan fingerprint density at radius 1 is 1.26 bits per heavy atom. The lowest BCUT2D eigenvalue weighted by Crippen LogP contribution is -2.50. The quantitative estimate of drug-likeness (QED) is 0.449. The molecule has 1 atom stereocenters. The molecule has 1 aliphatic rings. The number of hydrogen-bond acceptors (Lipinski definition) is 6. The monoisotopic (exact) mass is 342 g/mol. The topological polar surface area (TPSA) is 113 Å². The number of ether oxygens (including phenoxy) is 1. The third-order valence-electron chi connectivity index (χ3n) is 3.22. The third-order valence-corrected chi connectivity index (χ3v) is 4.21. The van der Waals surface area contributed by atoms with Crippen LogP contribution in [0.25, 0.3) is 0 Å². The van der Waals surface area contributed by atoms with Gasteiger partial charge in [-0.3, -0.25) is 19.2 Å². The predicted molar refractivity (Wildman–Crippen MR) is 84.0 cm³/mol. The van der Waals surface area contributed by atoms with Crippen molar-refractivity contribution in [2.24, 2.45) is 0 Å². The van der Waals surface area contributed by atoms with Crippen molar-refractivity contribution >= 4 is 43.4 Å². The van der Waals surface area contributed by atoms with Gasteiger partial charge in [-0.2, -0.15) is 11.8 Å². The summed E-state index contributed by atoms with van der Waals surface area (Å²) in [6.45, 7) is -0.222. The van der Waals surface area contributed by atoms with E-state index in [1.54, 1.807) is 11.8 Å². The lowest BCUT2D eigenvalue weighted by Gasteiger charge is -2.28. The van der Waals surface area contributed by atoms with Crippen LogP contribution in [0.4, 0.5) is 0 Å². The van der Waals surface area contributed by atoms with Crippen LogP contribution in [0.15, 0.2) is 0 Å². The molecule has 0 spiro atoms. The summed E-state index contributed by atoms with van der Waals surface area (Å²) in [5, 5.41) is 11.1. The van der Waals surface area contributed by atoms with Gasteiger partial charge >= 0.3 is 11.9 Å². The molecule has 8 nitrogen and oxygen atoms in total. The Balaban J connectivity index is 2.65. The first-order valence-corrected chi connectivity index (χ1v) is 8.33. The summed E-state index contributed by atoms with van der Waals surface area (Å²) >= 11 is 1.62. The van der Waals surface area contributed by atoms with E-state index in [9.17, 15) is 19.2 Å². The van der Waals surface area contributed by atoms with E-state index in [0.717, 1.165) is 0 Å². The summed E-state index contributed by atoms with van der Waals surface area (Å²) in [6.07, 6.45) is 0.0138. The number of carboxylic acids is 1. The smallest absolute Gasteiger partial charge is 0.324 e. The van der Waals surface area contributed by atoms with Gasteiger partial charge in [0.05, 0.1) is 6.42 Å². The molecule has 0 aromatic rings. The van der Waals surface area contributed by atoms with Gasteiger partial charge in [0.1, 0.15) is 20.4 Å². The standard InChI is InChI=1S/C13H19BN2O6S/c14-8-22-12(20)7-15-13(21)9-3-5-23-6-4-16(9)10(17)1-2-11(18)19/h9H,1-8H2,(H,15,21)(H,18,19). The second kappa shape index (κ2) is 10.1. The highest BCUT2D eigenvalue weighted by molar-refractivity contribution is 7.99. The third kappa shape index (κ3) is 6.94. The molecule has 2 N–H and O–H groups in total. The second-order valence-corrected chi connectivity index (χ2v) is 6.02. The summed E-state index contributed by atoms with van der Waals surface area (Å²) in [4.78, 5) is 47.6. The maximum absolute atomic E-state index is 12.2. The van der Waals surface area contributed by atoms with Crippen molar-refractivity contribution in [3.8, 4) is 0 Å². The summed E-state index contributed by atoms with van der Waals surface area (Å²) in [7, 11) is 5.06. The van der Waals surface area contributed by atoms with E-state index in [0.29, 0.717) is 24.5 Å². The lowest BCUT2D eigenvalue weighted by molar-refractivity contribution is -0.145. The number of hydrogen-bond donors (Lipinski definition) is 2. The van der Waals surface area contributed by atoms with E-state index in [4.69, 9.17) is 13.0 Å². The number of rotatable bonds is 7. The molecule has 1 fully saturated rings. The molecule has 23 heavy (non-hydrogen) atoms. The van der Waals surface area contributed by atoms with Crippen LogP contribution < -0.4 is 5.32 Å².